The normalized spacial score (nSPS) is 12.1. The van der Waals surface area contributed by atoms with Crippen molar-refractivity contribution in [3.8, 4) is 51.0 Å². The molecule has 0 atom stereocenters. The first kappa shape index (κ1) is 37.8. The van der Waals surface area contributed by atoms with E-state index in [-0.39, 0.29) is 0 Å². The molecule has 0 unspecified atom stereocenters. The van der Waals surface area contributed by atoms with E-state index in [1.165, 1.54) is 32.3 Å². The van der Waals surface area contributed by atoms with E-state index in [1.807, 2.05) is 42.5 Å². The molecule has 4 aromatic heterocycles. The van der Waals surface area contributed by atoms with Crippen LogP contribution in [-0.2, 0) is 0 Å². The summed E-state index contributed by atoms with van der Waals surface area (Å²) in [6.45, 7) is 0. The van der Waals surface area contributed by atoms with Gasteiger partial charge in [0.05, 0.1) is 11.0 Å². The fourth-order valence-corrected chi connectivity index (χ4v) is 10.7. The summed E-state index contributed by atoms with van der Waals surface area (Å²) in [6, 6.07) is 77.0. The van der Waals surface area contributed by atoms with Gasteiger partial charge >= 0.3 is 0 Å². The predicted molar refractivity (Wildman–Crippen MR) is 283 cm³/mol. The molecule has 15 rings (SSSR count). The molecule has 69 heavy (non-hydrogen) atoms. The van der Waals surface area contributed by atoms with Crippen molar-refractivity contribution in [2.45, 2.75) is 0 Å². The molecule has 0 aliphatic carbocycles. The van der Waals surface area contributed by atoms with E-state index in [0.717, 1.165) is 99.2 Å². The Kier molecular flexibility index (Phi) is 7.97. The van der Waals surface area contributed by atoms with Crippen LogP contribution in [0.4, 0.5) is 0 Å². The Morgan fingerprint density at radius 1 is 0.290 bits per heavy atom. The van der Waals surface area contributed by atoms with Gasteiger partial charge in [0.2, 0.25) is 0 Å². The highest BCUT2D eigenvalue weighted by Crippen LogP contribution is 2.43. The second-order valence-electron chi connectivity index (χ2n) is 18.0. The molecule has 11 aromatic carbocycles. The summed E-state index contributed by atoms with van der Waals surface area (Å²) in [5.41, 5.74) is 11.4. The summed E-state index contributed by atoms with van der Waals surface area (Å²) in [5, 5.41) is 13.5. The third kappa shape index (κ3) is 5.89. The zero-order valence-corrected chi connectivity index (χ0v) is 36.9. The van der Waals surface area contributed by atoms with E-state index in [4.69, 9.17) is 23.8 Å². The standard InChI is InChI=1S/C63H36N4O2/c1-2-12-37(13-3-1)38-22-24-39(25-23-38)61-64-62(44-26-28-48-47-18-8-10-20-56(47)68-58(48)34-44)66-63(65-61)53-36-59-60(49-19-9-11-21-57(49)69-59)52-35-45(27-29-46(52)53)67-54-32-42-16-6-4-14-40(42)30-50(54)51-31-41-15-5-7-17-43(41)33-55(51)67/h1-36H. The van der Waals surface area contributed by atoms with Gasteiger partial charge in [-0.2, -0.15) is 0 Å². The number of hydrogen-bond acceptors (Lipinski definition) is 5. The Balaban J connectivity index is 0.990. The smallest absolute Gasteiger partial charge is 0.164 e. The summed E-state index contributed by atoms with van der Waals surface area (Å²) < 4.78 is 15.6. The first-order chi connectivity index (χ1) is 34.1. The molecule has 0 radical (unpaired) electrons. The fourth-order valence-electron chi connectivity index (χ4n) is 10.7. The number of nitrogens with zero attached hydrogens (tertiary/aromatic N) is 4. The van der Waals surface area contributed by atoms with Gasteiger partial charge in [-0.25, -0.2) is 15.0 Å². The van der Waals surface area contributed by atoms with Crippen molar-refractivity contribution in [3.05, 3.63) is 218 Å². The van der Waals surface area contributed by atoms with Crippen LogP contribution >= 0.6 is 0 Å². The Morgan fingerprint density at radius 3 is 1.51 bits per heavy atom. The monoisotopic (exact) mass is 880 g/mol. The average Bonchev–Trinajstić information content (AvgIpc) is 4.08. The maximum absolute atomic E-state index is 6.76. The highest BCUT2D eigenvalue weighted by molar-refractivity contribution is 6.23. The van der Waals surface area contributed by atoms with Crippen LogP contribution in [0, 0.1) is 0 Å². The van der Waals surface area contributed by atoms with Crippen LogP contribution in [0.25, 0.3) is 149 Å². The highest BCUT2D eigenvalue weighted by Gasteiger charge is 2.22. The van der Waals surface area contributed by atoms with Crippen molar-refractivity contribution in [2.24, 2.45) is 0 Å². The van der Waals surface area contributed by atoms with Crippen LogP contribution in [-0.4, -0.2) is 19.5 Å². The minimum atomic E-state index is 0.543. The van der Waals surface area contributed by atoms with E-state index in [0.29, 0.717) is 17.5 Å². The van der Waals surface area contributed by atoms with Gasteiger partial charge in [0.25, 0.3) is 0 Å². The molecule has 15 aromatic rings. The number of fused-ring (bicyclic) bond motifs is 13. The van der Waals surface area contributed by atoms with Gasteiger partial charge in [-0.15, -0.1) is 0 Å². The van der Waals surface area contributed by atoms with Gasteiger partial charge in [0.1, 0.15) is 22.3 Å². The molecule has 0 N–H and O–H groups in total. The van der Waals surface area contributed by atoms with Crippen molar-refractivity contribution >= 4 is 98.0 Å². The van der Waals surface area contributed by atoms with Gasteiger partial charge < -0.3 is 13.4 Å². The molecule has 0 aliphatic heterocycles. The van der Waals surface area contributed by atoms with Crippen LogP contribution < -0.4 is 0 Å². The molecule has 0 spiro atoms. The van der Waals surface area contributed by atoms with Crippen LogP contribution in [0.5, 0.6) is 0 Å². The molecule has 0 bridgehead atoms. The third-order valence-corrected chi connectivity index (χ3v) is 14.0. The number of furan rings is 2. The number of rotatable bonds is 5. The topological polar surface area (TPSA) is 69.9 Å². The van der Waals surface area contributed by atoms with Gasteiger partial charge in [-0.05, 0) is 110 Å². The summed E-state index contributed by atoms with van der Waals surface area (Å²) >= 11 is 0. The second-order valence-corrected chi connectivity index (χ2v) is 18.0. The van der Waals surface area contributed by atoms with E-state index < -0.39 is 0 Å². The molecular formula is C63H36N4O2. The zero-order valence-electron chi connectivity index (χ0n) is 36.9. The number of aromatic nitrogens is 4. The Hall–Kier alpha value is -9.39. The lowest BCUT2D eigenvalue weighted by Gasteiger charge is -2.14. The number of hydrogen-bond donors (Lipinski definition) is 0. The van der Waals surface area contributed by atoms with E-state index in [9.17, 15) is 0 Å². The first-order valence-corrected chi connectivity index (χ1v) is 23.2. The number of benzene rings is 11. The van der Waals surface area contributed by atoms with Crippen molar-refractivity contribution in [1.82, 2.24) is 19.5 Å². The highest BCUT2D eigenvalue weighted by atomic mass is 16.3. The van der Waals surface area contributed by atoms with Gasteiger partial charge in [-0.3, -0.25) is 0 Å². The maximum atomic E-state index is 6.76. The van der Waals surface area contributed by atoms with E-state index in [1.54, 1.807) is 0 Å². The van der Waals surface area contributed by atoms with E-state index in [2.05, 4.69) is 180 Å². The molecule has 6 heteroatoms. The molecule has 320 valence electrons. The van der Waals surface area contributed by atoms with Gasteiger partial charge in [0.15, 0.2) is 17.5 Å². The van der Waals surface area contributed by atoms with Crippen molar-refractivity contribution < 1.29 is 8.83 Å². The van der Waals surface area contributed by atoms with Crippen molar-refractivity contribution in [2.75, 3.05) is 0 Å². The lowest BCUT2D eigenvalue weighted by molar-refractivity contribution is 0.669. The van der Waals surface area contributed by atoms with Crippen LogP contribution in [0.3, 0.4) is 0 Å². The molecule has 0 saturated carbocycles. The Labute approximate surface area is 394 Å². The van der Waals surface area contributed by atoms with Crippen LogP contribution in [0.15, 0.2) is 227 Å². The molecular weight excluding hydrogens is 845 g/mol. The first-order valence-electron chi connectivity index (χ1n) is 23.2. The minimum Gasteiger partial charge on any atom is -0.456 e. The summed E-state index contributed by atoms with van der Waals surface area (Å²) in [6.07, 6.45) is 0. The maximum Gasteiger partial charge on any atom is 0.164 e. The average molecular weight is 881 g/mol. The van der Waals surface area contributed by atoms with Gasteiger partial charge in [0, 0.05) is 54.7 Å². The summed E-state index contributed by atoms with van der Waals surface area (Å²) in [4.78, 5) is 15.9. The van der Waals surface area contributed by atoms with Gasteiger partial charge in [-0.1, -0.05) is 152 Å². The van der Waals surface area contributed by atoms with Crippen LogP contribution in [0.2, 0.25) is 0 Å². The van der Waals surface area contributed by atoms with Crippen LogP contribution in [0.1, 0.15) is 0 Å². The molecule has 0 fully saturated rings. The zero-order chi connectivity index (χ0) is 45.2. The Morgan fingerprint density at radius 2 is 0.797 bits per heavy atom. The summed E-state index contributed by atoms with van der Waals surface area (Å²) in [5.74, 6) is 1.66. The molecule has 4 heterocycles. The van der Waals surface area contributed by atoms with E-state index >= 15 is 0 Å². The lowest BCUT2D eigenvalue weighted by Crippen LogP contribution is -2.01. The SMILES string of the molecule is c1ccc(-c2ccc(-c3nc(-c4ccc5c(c4)oc4ccccc45)nc(-c4cc5oc6ccccc6c5c5cc(-n6c7cc8ccccc8cc7c7cc8ccccc8cc76)ccc45)n3)cc2)cc1. The third-order valence-electron chi connectivity index (χ3n) is 14.0. The Bertz CT molecular complexity index is 4510. The summed E-state index contributed by atoms with van der Waals surface area (Å²) in [7, 11) is 0. The molecule has 0 amide bonds. The minimum absolute atomic E-state index is 0.543. The van der Waals surface area contributed by atoms with Crippen molar-refractivity contribution in [1.29, 1.82) is 0 Å². The quantitative estimate of drug-likeness (QED) is 0.172. The molecule has 0 aliphatic rings. The van der Waals surface area contributed by atoms with Crippen molar-refractivity contribution in [3.63, 3.8) is 0 Å². The largest absolute Gasteiger partial charge is 0.456 e. The number of para-hydroxylation sites is 2. The molecule has 0 saturated heterocycles. The predicted octanol–water partition coefficient (Wildman–Crippen LogP) is 16.9. The fraction of sp³-hybridized carbons (Fsp3) is 0. The second kappa shape index (κ2) is 14.6. The lowest BCUT2D eigenvalue weighted by atomic mass is 9.97. The molecule has 6 nitrogen and oxygen atoms in total.